The highest BCUT2D eigenvalue weighted by molar-refractivity contribution is 5.93. The Morgan fingerprint density at radius 3 is 1.93 bits per heavy atom. The molecule has 2 rings (SSSR count). The lowest BCUT2D eigenvalue weighted by atomic mass is 9.99. The van der Waals surface area contributed by atoms with Gasteiger partial charge in [-0.15, -0.1) is 0 Å². The summed E-state index contributed by atoms with van der Waals surface area (Å²) in [4.78, 5) is 51.2. The summed E-state index contributed by atoms with van der Waals surface area (Å²) in [5.74, 6) is -1.29. The van der Waals surface area contributed by atoms with Gasteiger partial charge in [0.25, 0.3) is 0 Å². The van der Waals surface area contributed by atoms with Crippen LogP contribution in [0.1, 0.15) is 66.0 Å². The second kappa shape index (κ2) is 15.8. The molecular weight excluding hydrogens is 536 g/mol. The largest absolute Gasteiger partial charge is 0.489 e. The van der Waals surface area contributed by atoms with Gasteiger partial charge in [0.2, 0.25) is 17.7 Å². The molecule has 4 amide bonds. The molecule has 0 aliphatic carbocycles. The Morgan fingerprint density at radius 1 is 0.786 bits per heavy atom. The fourth-order valence-electron chi connectivity index (χ4n) is 4.13. The molecule has 3 atom stereocenters. The Hall–Kier alpha value is -4.08. The van der Waals surface area contributed by atoms with Crippen LogP contribution in [-0.4, -0.2) is 47.5 Å². The summed E-state index contributed by atoms with van der Waals surface area (Å²) >= 11 is 0. The molecular formula is C32H46N4O6. The topological polar surface area (TPSA) is 149 Å². The zero-order valence-electron chi connectivity index (χ0n) is 25.7. The Kier molecular flexibility index (Phi) is 12.8. The monoisotopic (exact) mass is 582 g/mol. The number of carbonyl (C=O) groups is 4. The van der Waals surface area contributed by atoms with E-state index in [0.29, 0.717) is 18.8 Å². The number of ether oxygens (including phenoxy) is 2. The molecule has 0 heterocycles. The molecule has 0 saturated carbocycles. The van der Waals surface area contributed by atoms with Crippen molar-refractivity contribution in [3.63, 3.8) is 0 Å². The van der Waals surface area contributed by atoms with Crippen LogP contribution in [0, 0.1) is 11.8 Å². The number of rotatable bonds is 14. The number of hydrogen-bond acceptors (Lipinski definition) is 6. The molecule has 5 N–H and O–H groups in total. The van der Waals surface area contributed by atoms with Crippen molar-refractivity contribution in [1.82, 2.24) is 16.0 Å². The second-order valence-electron chi connectivity index (χ2n) is 12.1. The highest BCUT2D eigenvalue weighted by atomic mass is 16.6. The van der Waals surface area contributed by atoms with E-state index in [2.05, 4.69) is 16.0 Å². The van der Waals surface area contributed by atoms with Crippen LogP contribution in [0.4, 0.5) is 4.79 Å². The molecule has 2 aromatic rings. The third-order valence-electron chi connectivity index (χ3n) is 6.23. The van der Waals surface area contributed by atoms with E-state index in [1.165, 1.54) is 0 Å². The van der Waals surface area contributed by atoms with Crippen molar-refractivity contribution in [2.45, 2.75) is 91.6 Å². The highest BCUT2D eigenvalue weighted by Crippen LogP contribution is 2.16. The minimum absolute atomic E-state index is 0.118. The predicted molar refractivity (Wildman–Crippen MR) is 161 cm³/mol. The molecule has 2 aromatic carbocycles. The average molecular weight is 583 g/mol. The zero-order chi connectivity index (χ0) is 31.4. The third kappa shape index (κ3) is 12.2. The summed E-state index contributed by atoms with van der Waals surface area (Å²) in [6.45, 7) is 13.0. The number of alkyl carbamates (subject to hydrolysis) is 1. The number of amides is 4. The number of benzene rings is 2. The van der Waals surface area contributed by atoms with Gasteiger partial charge < -0.3 is 31.2 Å². The molecule has 0 saturated heterocycles. The molecule has 42 heavy (non-hydrogen) atoms. The molecule has 0 bridgehead atoms. The van der Waals surface area contributed by atoms with Gasteiger partial charge in [-0.2, -0.15) is 0 Å². The fourth-order valence-corrected chi connectivity index (χ4v) is 4.13. The van der Waals surface area contributed by atoms with Crippen LogP contribution in [0.25, 0.3) is 0 Å². The van der Waals surface area contributed by atoms with Crippen molar-refractivity contribution in [2.75, 3.05) is 0 Å². The predicted octanol–water partition coefficient (Wildman–Crippen LogP) is 3.86. The summed E-state index contributed by atoms with van der Waals surface area (Å²) in [5.41, 5.74) is 6.52. The van der Waals surface area contributed by atoms with Crippen LogP contribution in [0.3, 0.4) is 0 Å². The van der Waals surface area contributed by atoms with Crippen molar-refractivity contribution in [2.24, 2.45) is 17.6 Å². The van der Waals surface area contributed by atoms with Crippen molar-refractivity contribution in [3.8, 4) is 5.75 Å². The highest BCUT2D eigenvalue weighted by Gasteiger charge is 2.32. The molecule has 230 valence electrons. The van der Waals surface area contributed by atoms with Crippen LogP contribution < -0.4 is 26.4 Å². The zero-order valence-corrected chi connectivity index (χ0v) is 25.7. The van der Waals surface area contributed by atoms with E-state index in [4.69, 9.17) is 15.2 Å². The van der Waals surface area contributed by atoms with Crippen molar-refractivity contribution in [1.29, 1.82) is 0 Å². The Morgan fingerprint density at radius 2 is 1.40 bits per heavy atom. The first-order chi connectivity index (χ1) is 19.6. The van der Waals surface area contributed by atoms with Crippen molar-refractivity contribution in [3.05, 3.63) is 65.7 Å². The number of nitrogens with one attached hydrogen (secondary N) is 3. The summed E-state index contributed by atoms with van der Waals surface area (Å²) < 4.78 is 11.2. The lowest BCUT2D eigenvalue weighted by Gasteiger charge is -2.28. The van der Waals surface area contributed by atoms with Gasteiger partial charge in [0.15, 0.2) is 0 Å². The third-order valence-corrected chi connectivity index (χ3v) is 6.23. The summed E-state index contributed by atoms with van der Waals surface area (Å²) in [7, 11) is 0. The first-order valence-electron chi connectivity index (χ1n) is 14.3. The summed E-state index contributed by atoms with van der Waals surface area (Å²) in [5, 5.41) is 8.07. The molecule has 0 aliphatic heterocycles. The van der Waals surface area contributed by atoms with E-state index in [9.17, 15) is 19.2 Å². The van der Waals surface area contributed by atoms with E-state index in [1.807, 2.05) is 56.3 Å². The lowest BCUT2D eigenvalue weighted by Crippen LogP contribution is -2.58. The quantitative estimate of drug-likeness (QED) is 0.266. The smallest absolute Gasteiger partial charge is 0.408 e. The number of carbonyl (C=O) groups excluding carboxylic acids is 4. The van der Waals surface area contributed by atoms with E-state index >= 15 is 0 Å². The van der Waals surface area contributed by atoms with Crippen LogP contribution in [-0.2, 0) is 32.1 Å². The van der Waals surface area contributed by atoms with Crippen LogP contribution in [0.5, 0.6) is 5.75 Å². The average Bonchev–Trinajstić information content (AvgIpc) is 2.89. The number of primary amides is 1. The van der Waals surface area contributed by atoms with E-state index in [1.54, 1.807) is 46.8 Å². The Bertz CT molecular complexity index is 1180. The van der Waals surface area contributed by atoms with Crippen LogP contribution in [0.2, 0.25) is 0 Å². The molecule has 0 unspecified atom stereocenters. The summed E-state index contributed by atoms with van der Waals surface area (Å²) in [6, 6.07) is 14.1. The van der Waals surface area contributed by atoms with Gasteiger partial charge in [-0.25, -0.2) is 4.79 Å². The van der Waals surface area contributed by atoms with Crippen molar-refractivity contribution >= 4 is 23.8 Å². The van der Waals surface area contributed by atoms with Gasteiger partial charge >= 0.3 is 6.09 Å². The normalized spacial score (nSPS) is 13.5. The van der Waals surface area contributed by atoms with Crippen molar-refractivity contribution < 1.29 is 28.7 Å². The van der Waals surface area contributed by atoms with Gasteiger partial charge in [-0.05, 0) is 62.3 Å². The maximum Gasteiger partial charge on any atom is 0.408 e. The van der Waals surface area contributed by atoms with E-state index < -0.39 is 47.5 Å². The van der Waals surface area contributed by atoms with Gasteiger partial charge in [-0.3, -0.25) is 14.4 Å². The summed E-state index contributed by atoms with van der Waals surface area (Å²) in [6.07, 6.45) is -0.261. The Labute approximate surface area is 249 Å². The van der Waals surface area contributed by atoms with Gasteiger partial charge in [0.1, 0.15) is 36.1 Å². The number of nitrogens with two attached hydrogens (primary N) is 1. The van der Waals surface area contributed by atoms with Crippen LogP contribution >= 0.6 is 0 Å². The van der Waals surface area contributed by atoms with E-state index in [-0.39, 0.29) is 18.3 Å². The molecule has 0 spiro atoms. The second-order valence-corrected chi connectivity index (χ2v) is 12.1. The lowest BCUT2D eigenvalue weighted by molar-refractivity contribution is -0.133. The molecule has 0 aromatic heterocycles. The maximum atomic E-state index is 13.5. The molecule has 10 heteroatoms. The fraction of sp³-hybridized carbons (Fsp3) is 0.500. The molecule has 0 aliphatic rings. The van der Waals surface area contributed by atoms with Gasteiger partial charge in [-0.1, -0.05) is 70.2 Å². The minimum atomic E-state index is -1.05. The number of hydrogen-bond donors (Lipinski definition) is 4. The van der Waals surface area contributed by atoms with Crippen LogP contribution in [0.15, 0.2) is 54.6 Å². The standard InChI is InChI=1S/C32H46N4O6/c1-20(2)17-25(28(33)37)34-30(39)27(21(3)4)36-29(38)26(35-31(40)42-32(5,6)7)18-22-13-15-24(16-14-22)41-19-23-11-9-8-10-12-23/h8-16,20-21,25-27H,17-19H2,1-7H3,(H2,33,37)(H,34,39)(H,35,40)(H,36,38)/t25-,26+,27+/m0/s1. The minimum Gasteiger partial charge on any atom is -0.489 e. The van der Waals surface area contributed by atoms with E-state index in [0.717, 1.165) is 11.1 Å². The van der Waals surface area contributed by atoms with Gasteiger partial charge in [0, 0.05) is 6.42 Å². The SMILES string of the molecule is CC(C)C[C@H](NC(=O)[C@H](NC(=O)[C@@H](Cc1ccc(OCc2ccccc2)cc1)NC(=O)OC(C)(C)C)C(C)C)C(N)=O. The molecule has 10 nitrogen and oxygen atoms in total. The maximum absolute atomic E-state index is 13.5. The first-order valence-corrected chi connectivity index (χ1v) is 14.3. The first kappa shape index (κ1) is 34.1. The molecule has 0 radical (unpaired) electrons. The van der Waals surface area contributed by atoms with Gasteiger partial charge in [0.05, 0.1) is 0 Å². The Balaban J connectivity index is 2.18. The molecule has 0 fully saturated rings.